The van der Waals surface area contributed by atoms with Crippen LogP contribution in [0, 0.1) is 0 Å². The summed E-state index contributed by atoms with van der Waals surface area (Å²) >= 11 is 0. The molecular formula is C16H27NO3S. The van der Waals surface area contributed by atoms with E-state index >= 15 is 0 Å². The van der Waals surface area contributed by atoms with E-state index in [-0.39, 0.29) is 5.75 Å². The van der Waals surface area contributed by atoms with Crippen LogP contribution in [0.1, 0.15) is 32.3 Å². The lowest BCUT2D eigenvalue weighted by atomic mass is 10.1. The molecule has 0 aromatic heterocycles. The molecule has 5 heteroatoms. The van der Waals surface area contributed by atoms with Gasteiger partial charge in [-0.3, -0.25) is 0 Å². The SMILES string of the molecule is CCCNC(C)Cc1ccc(OCCCS(C)(=O)=O)cc1. The van der Waals surface area contributed by atoms with Crippen LogP contribution >= 0.6 is 0 Å². The molecule has 0 bridgehead atoms. The predicted octanol–water partition coefficient (Wildman–Crippen LogP) is 2.43. The number of rotatable bonds is 10. The summed E-state index contributed by atoms with van der Waals surface area (Å²) in [6, 6.07) is 8.49. The van der Waals surface area contributed by atoms with Gasteiger partial charge >= 0.3 is 0 Å². The fourth-order valence-corrected chi connectivity index (χ4v) is 2.69. The second kappa shape index (κ2) is 9.05. The molecule has 1 N–H and O–H groups in total. The van der Waals surface area contributed by atoms with Crippen LogP contribution in [0.15, 0.2) is 24.3 Å². The van der Waals surface area contributed by atoms with E-state index in [1.165, 1.54) is 11.8 Å². The van der Waals surface area contributed by atoms with Crippen molar-refractivity contribution in [2.45, 2.75) is 39.2 Å². The predicted molar refractivity (Wildman–Crippen MR) is 87.7 cm³/mol. The van der Waals surface area contributed by atoms with Gasteiger partial charge in [0.15, 0.2) is 0 Å². The Bertz CT molecular complexity index is 497. The van der Waals surface area contributed by atoms with E-state index in [1.807, 2.05) is 12.1 Å². The summed E-state index contributed by atoms with van der Waals surface area (Å²) in [6.45, 7) is 5.82. The highest BCUT2D eigenvalue weighted by Crippen LogP contribution is 2.13. The van der Waals surface area contributed by atoms with Crippen molar-refractivity contribution in [3.63, 3.8) is 0 Å². The first-order valence-corrected chi connectivity index (χ1v) is 9.59. The average Bonchev–Trinajstić information content (AvgIpc) is 2.42. The summed E-state index contributed by atoms with van der Waals surface area (Å²) in [5.74, 6) is 0.965. The Morgan fingerprint density at radius 2 is 1.90 bits per heavy atom. The van der Waals surface area contributed by atoms with Crippen LogP contribution in [0.5, 0.6) is 5.75 Å². The number of hydrogen-bond acceptors (Lipinski definition) is 4. The van der Waals surface area contributed by atoms with Gasteiger partial charge in [-0.1, -0.05) is 19.1 Å². The van der Waals surface area contributed by atoms with E-state index < -0.39 is 9.84 Å². The molecule has 1 aromatic rings. The Morgan fingerprint density at radius 1 is 1.24 bits per heavy atom. The normalized spacial score (nSPS) is 13.1. The molecule has 0 fully saturated rings. The summed E-state index contributed by atoms with van der Waals surface area (Å²) in [6.07, 6.45) is 3.91. The molecule has 1 aromatic carbocycles. The van der Waals surface area contributed by atoms with Crippen LogP contribution in [0.25, 0.3) is 0 Å². The molecule has 1 rings (SSSR count). The number of ether oxygens (including phenoxy) is 1. The fraction of sp³-hybridized carbons (Fsp3) is 0.625. The van der Waals surface area contributed by atoms with Crippen molar-refractivity contribution < 1.29 is 13.2 Å². The molecular weight excluding hydrogens is 286 g/mol. The van der Waals surface area contributed by atoms with Crippen molar-refractivity contribution in [3.05, 3.63) is 29.8 Å². The Balaban J connectivity index is 2.33. The maximum Gasteiger partial charge on any atom is 0.147 e. The summed E-state index contributed by atoms with van der Waals surface area (Å²) in [4.78, 5) is 0. The summed E-state index contributed by atoms with van der Waals surface area (Å²) in [5.41, 5.74) is 1.27. The second-order valence-corrected chi connectivity index (χ2v) is 7.79. The van der Waals surface area contributed by atoms with Gasteiger partial charge in [0.25, 0.3) is 0 Å². The maximum atomic E-state index is 11.0. The van der Waals surface area contributed by atoms with E-state index in [9.17, 15) is 8.42 Å². The minimum absolute atomic E-state index is 0.172. The third-order valence-corrected chi connectivity index (χ3v) is 4.17. The Kier molecular flexibility index (Phi) is 7.75. The minimum Gasteiger partial charge on any atom is -0.494 e. The van der Waals surface area contributed by atoms with Crippen molar-refractivity contribution in [1.82, 2.24) is 5.32 Å². The smallest absolute Gasteiger partial charge is 0.147 e. The zero-order chi connectivity index (χ0) is 15.7. The molecule has 0 saturated carbocycles. The topological polar surface area (TPSA) is 55.4 Å². The third kappa shape index (κ3) is 8.73. The lowest BCUT2D eigenvalue weighted by Gasteiger charge is -2.13. The van der Waals surface area contributed by atoms with Crippen molar-refractivity contribution >= 4 is 9.84 Å². The molecule has 21 heavy (non-hydrogen) atoms. The summed E-state index contributed by atoms with van der Waals surface area (Å²) < 4.78 is 27.6. The van der Waals surface area contributed by atoms with Crippen LogP contribution < -0.4 is 10.1 Å². The van der Waals surface area contributed by atoms with Crippen LogP contribution in [0.4, 0.5) is 0 Å². The third-order valence-electron chi connectivity index (χ3n) is 3.14. The van der Waals surface area contributed by atoms with E-state index in [0.29, 0.717) is 19.1 Å². The van der Waals surface area contributed by atoms with E-state index in [2.05, 4.69) is 31.3 Å². The summed E-state index contributed by atoms with van der Waals surface area (Å²) in [7, 11) is -2.89. The van der Waals surface area contributed by atoms with Crippen molar-refractivity contribution in [1.29, 1.82) is 0 Å². The zero-order valence-electron chi connectivity index (χ0n) is 13.3. The quantitative estimate of drug-likeness (QED) is 0.674. The van der Waals surface area contributed by atoms with Gasteiger partial charge in [0.1, 0.15) is 15.6 Å². The molecule has 0 spiro atoms. The molecule has 0 aliphatic heterocycles. The lowest BCUT2D eigenvalue weighted by Crippen LogP contribution is -2.28. The molecule has 120 valence electrons. The molecule has 0 heterocycles. The van der Waals surface area contributed by atoms with Crippen molar-refractivity contribution in [2.24, 2.45) is 0 Å². The van der Waals surface area contributed by atoms with Gasteiger partial charge in [-0.05, 0) is 50.4 Å². The Labute approximate surface area is 128 Å². The van der Waals surface area contributed by atoms with E-state index in [1.54, 1.807) is 0 Å². The molecule has 0 radical (unpaired) electrons. The molecule has 0 saturated heterocycles. The summed E-state index contributed by atoms with van der Waals surface area (Å²) in [5, 5.41) is 3.46. The highest BCUT2D eigenvalue weighted by Gasteiger charge is 2.04. The van der Waals surface area contributed by atoms with Crippen LogP contribution in [-0.2, 0) is 16.3 Å². The van der Waals surface area contributed by atoms with Gasteiger partial charge in [-0.2, -0.15) is 0 Å². The highest BCUT2D eigenvalue weighted by atomic mass is 32.2. The van der Waals surface area contributed by atoms with Gasteiger partial charge in [-0.25, -0.2) is 8.42 Å². The van der Waals surface area contributed by atoms with Gasteiger partial charge in [0, 0.05) is 12.3 Å². The second-order valence-electron chi connectivity index (χ2n) is 5.54. The van der Waals surface area contributed by atoms with Gasteiger partial charge in [-0.15, -0.1) is 0 Å². The van der Waals surface area contributed by atoms with Crippen LogP contribution in [0.3, 0.4) is 0 Å². The van der Waals surface area contributed by atoms with E-state index in [4.69, 9.17) is 4.74 Å². The highest BCUT2D eigenvalue weighted by molar-refractivity contribution is 7.90. The van der Waals surface area contributed by atoms with Crippen molar-refractivity contribution in [3.8, 4) is 5.75 Å². The molecule has 1 atom stereocenters. The van der Waals surface area contributed by atoms with Crippen molar-refractivity contribution in [2.75, 3.05) is 25.2 Å². The van der Waals surface area contributed by atoms with E-state index in [0.717, 1.165) is 25.1 Å². The number of benzene rings is 1. The lowest BCUT2D eigenvalue weighted by molar-refractivity contribution is 0.317. The van der Waals surface area contributed by atoms with Crippen LogP contribution in [-0.4, -0.2) is 39.6 Å². The first kappa shape index (κ1) is 18.0. The number of sulfone groups is 1. The zero-order valence-corrected chi connectivity index (χ0v) is 14.1. The first-order chi connectivity index (χ1) is 9.90. The Hall–Kier alpha value is -1.07. The monoisotopic (exact) mass is 313 g/mol. The fourth-order valence-electron chi connectivity index (χ4n) is 2.05. The van der Waals surface area contributed by atoms with Gasteiger partial charge in [0.05, 0.1) is 12.4 Å². The minimum atomic E-state index is -2.89. The largest absolute Gasteiger partial charge is 0.494 e. The number of nitrogens with one attached hydrogen (secondary N) is 1. The maximum absolute atomic E-state index is 11.0. The van der Waals surface area contributed by atoms with Gasteiger partial charge in [0.2, 0.25) is 0 Å². The van der Waals surface area contributed by atoms with Gasteiger partial charge < -0.3 is 10.1 Å². The number of hydrogen-bond donors (Lipinski definition) is 1. The molecule has 4 nitrogen and oxygen atoms in total. The molecule has 1 unspecified atom stereocenters. The molecule has 0 aliphatic rings. The molecule has 0 aliphatic carbocycles. The average molecular weight is 313 g/mol. The molecule has 0 amide bonds. The Morgan fingerprint density at radius 3 is 2.48 bits per heavy atom. The first-order valence-electron chi connectivity index (χ1n) is 7.53. The van der Waals surface area contributed by atoms with Crippen LogP contribution in [0.2, 0.25) is 0 Å². The standard InChI is InChI=1S/C16H27NO3S/c1-4-10-17-14(2)13-15-6-8-16(9-7-15)20-11-5-12-21(3,18)19/h6-9,14,17H,4-5,10-13H2,1-3H3.